The summed E-state index contributed by atoms with van der Waals surface area (Å²) in [4.78, 5) is 50.2. The Hall–Kier alpha value is -1.85. The molecule has 0 aliphatic carbocycles. The number of rotatable bonds is 13. The molecule has 192 valence electrons. The number of amides is 4. The third kappa shape index (κ3) is 13.8. The molecule has 0 aliphatic rings. The first-order valence-electron chi connectivity index (χ1n) is 11.4. The van der Waals surface area contributed by atoms with Crippen LogP contribution in [-0.2, 0) is 19.2 Å². The van der Waals surface area contributed by atoms with Crippen molar-refractivity contribution in [1.29, 1.82) is 0 Å². The fourth-order valence-corrected chi connectivity index (χ4v) is 3.36. The van der Waals surface area contributed by atoms with Crippen LogP contribution in [0.2, 0.25) is 0 Å². The van der Waals surface area contributed by atoms with E-state index in [9.17, 15) is 19.2 Å². The Labute approximate surface area is 219 Å². The van der Waals surface area contributed by atoms with E-state index in [1.165, 1.54) is 4.90 Å². The number of para-hydroxylation sites is 1. The van der Waals surface area contributed by atoms with E-state index < -0.39 is 0 Å². The summed E-state index contributed by atoms with van der Waals surface area (Å²) in [5.41, 5.74) is 0.663. The summed E-state index contributed by atoms with van der Waals surface area (Å²) in [7, 11) is 0. The number of nitrogens with zero attached hydrogens (tertiary/aromatic N) is 2. The van der Waals surface area contributed by atoms with Crippen LogP contribution in [0.3, 0.4) is 0 Å². The topological polar surface area (TPSA) is 98.8 Å². The summed E-state index contributed by atoms with van der Waals surface area (Å²) in [5, 5.41) is 5.43. The van der Waals surface area contributed by atoms with Gasteiger partial charge in [-0.05, 0) is 18.6 Å². The summed E-state index contributed by atoms with van der Waals surface area (Å²) in [5.74, 6) is 0.789. The SMILES string of the molecule is CCC(=O)N(CCS)CC(=O)NCCS.CCCN(CC(=O)Nc1ccccc1S)C(=O)CC. The number of hydrogen-bond donors (Lipinski definition) is 5. The van der Waals surface area contributed by atoms with Crippen molar-refractivity contribution in [1.82, 2.24) is 15.1 Å². The second-order valence-corrected chi connectivity index (χ2v) is 8.58. The molecule has 0 unspecified atom stereocenters. The molecule has 34 heavy (non-hydrogen) atoms. The second kappa shape index (κ2) is 19.5. The molecule has 0 bridgehead atoms. The van der Waals surface area contributed by atoms with Crippen molar-refractivity contribution in [2.24, 2.45) is 0 Å². The molecule has 0 saturated heterocycles. The molecule has 1 aromatic rings. The Bertz CT molecular complexity index is 780. The normalized spacial score (nSPS) is 9.94. The zero-order chi connectivity index (χ0) is 25.9. The lowest BCUT2D eigenvalue weighted by Crippen LogP contribution is -2.41. The van der Waals surface area contributed by atoms with Crippen molar-refractivity contribution in [2.75, 3.05) is 49.5 Å². The number of hydrogen-bond acceptors (Lipinski definition) is 7. The molecular weight excluding hydrogens is 492 g/mol. The molecule has 1 rings (SSSR count). The zero-order valence-electron chi connectivity index (χ0n) is 20.2. The molecule has 11 heteroatoms. The van der Waals surface area contributed by atoms with Crippen LogP contribution in [0.1, 0.15) is 40.0 Å². The molecule has 0 atom stereocenters. The molecule has 2 N–H and O–H groups in total. The van der Waals surface area contributed by atoms with Crippen molar-refractivity contribution in [3.8, 4) is 0 Å². The van der Waals surface area contributed by atoms with Crippen molar-refractivity contribution >= 4 is 67.2 Å². The first-order chi connectivity index (χ1) is 16.2. The zero-order valence-corrected chi connectivity index (χ0v) is 22.9. The largest absolute Gasteiger partial charge is 0.354 e. The van der Waals surface area contributed by atoms with E-state index in [-0.39, 0.29) is 36.7 Å². The highest BCUT2D eigenvalue weighted by atomic mass is 32.1. The van der Waals surface area contributed by atoms with E-state index in [0.29, 0.717) is 54.6 Å². The van der Waals surface area contributed by atoms with Crippen molar-refractivity contribution < 1.29 is 19.2 Å². The highest BCUT2D eigenvalue weighted by molar-refractivity contribution is 7.80. The first-order valence-corrected chi connectivity index (χ1v) is 13.1. The van der Waals surface area contributed by atoms with Gasteiger partial charge in [0.05, 0.1) is 18.8 Å². The fraction of sp³-hybridized carbons (Fsp3) is 0.565. The van der Waals surface area contributed by atoms with Gasteiger partial charge in [-0.15, -0.1) is 12.6 Å². The minimum absolute atomic E-state index is 0.00356. The molecule has 0 spiro atoms. The Kier molecular flexibility index (Phi) is 18.4. The molecule has 4 amide bonds. The van der Waals surface area contributed by atoms with Crippen LogP contribution in [0.15, 0.2) is 29.2 Å². The van der Waals surface area contributed by atoms with E-state index >= 15 is 0 Å². The Morgan fingerprint density at radius 1 is 0.824 bits per heavy atom. The van der Waals surface area contributed by atoms with Crippen molar-refractivity contribution in [3.05, 3.63) is 24.3 Å². The summed E-state index contributed by atoms with van der Waals surface area (Å²) in [6.07, 6.45) is 1.66. The molecule has 1 aromatic carbocycles. The maximum atomic E-state index is 11.9. The van der Waals surface area contributed by atoms with E-state index in [1.54, 1.807) is 30.9 Å². The van der Waals surface area contributed by atoms with Gasteiger partial charge in [0.15, 0.2) is 0 Å². The van der Waals surface area contributed by atoms with Gasteiger partial charge in [-0.25, -0.2) is 0 Å². The molecule has 0 radical (unpaired) electrons. The number of thiol groups is 3. The lowest BCUT2D eigenvalue weighted by atomic mass is 10.3. The lowest BCUT2D eigenvalue weighted by molar-refractivity contribution is -0.135. The smallest absolute Gasteiger partial charge is 0.244 e. The first kappa shape index (κ1) is 32.1. The van der Waals surface area contributed by atoms with Gasteiger partial charge in [0.25, 0.3) is 0 Å². The molecule has 0 fully saturated rings. The summed E-state index contributed by atoms with van der Waals surface area (Å²) in [6.45, 7) is 7.38. The Balaban J connectivity index is 0.000000661. The second-order valence-electron chi connectivity index (χ2n) is 7.20. The van der Waals surface area contributed by atoms with Gasteiger partial charge in [0.2, 0.25) is 23.6 Å². The Morgan fingerprint density at radius 2 is 1.38 bits per heavy atom. The average Bonchev–Trinajstić information content (AvgIpc) is 2.83. The monoisotopic (exact) mass is 530 g/mol. The number of nitrogens with one attached hydrogen (secondary N) is 2. The number of anilines is 1. The van der Waals surface area contributed by atoms with E-state index in [1.807, 2.05) is 19.1 Å². The van der Waals surface area contributed by atoms with E-state index in [2.05, 4.69) is 48.5 Å². The highest BCUT2D eigenvalue weighted by Crippen LogP contribution is 2.18. The minimum atomic E-state index is -0.197. The van der Waals surface area contributed by atoms with Crippen molar-refractivity contribution in [2.45, 2.75) is 44.9 Å². The molecular formula is C23H38N4O4S3. The molecule has 0 aromatic heterocycles. The summed E-state index contributed by atoms with van der Waals surface area (Å²) < 4.78 is 0. The van der Waals surface area contributed by atoms with Gasteiger partial charge in [0.1, 0.15) is 0 Å². The average molecular weight is 531 g/mol. The third-order valence-electron chi connectivity index (χ3n) is 4.45. The van der Waals surface area contributed by atoms with Crippen LogP contribution >= 0.6 is 37.9 Å². The molecule has 8 nitrogen and oxygen atoms in total. The van der Waals surface area contributed by atoms with Gasteiger partial charge in [0, 0.05) is 48.9 Å². The van der Waals surface area contributed by atoms with Gasteiger partial charge in [-0.1, -0.05) is 32.9 Å². The van der Waals surface area contributed by atoms with Gasteiger partial charge >= 0.3 is 0 Å². The van der Waals surface area contributed by atoms with Gasteiger partial charge in [-0.3, -0.25) is 19.2 Å². The number of benzene rings is 1. The fourth-order valence-electron chi connectivity index (χ4n) is 2.79. The van der Waals surface area contributed by atoms with Gasteiger partial charge < -0.3 is 20.4 Å². The number of carbonyl (C=O) groups excluding carboxylic acids is 4. The van der Waals surface area contributed by atoms with E-state index in [0.717, 1.165) is 6.42 Å². The van der Waals surface area contributed by atoms with Crippen LogP contribution in [-0.4, -0.2) is 77.7 Å². The van der Waals surface area contributed by atoms with Gasteiger partial charge in [-0.2, -0.15) is 25.3 Å². The molecule has 0 saturated carbocycles. The predicted molar refractivity (Wildman–Crippen MR) is 147 cm³/mol. The lowest BCUT2D eigenvalue weighted by Gasteiger charge is -2.21. The summed E-state index contributed by atoms with van der Waals surface area (Å²) >= 11 is 12.3. The standard InChI is InChI=1S/C14H20N2O2S.C9H18N2O2S2/c1-3-9-16(14(18)4-2)10-13(17)15-11-7-5-6-8-12(11)19;1-2-9(13)11(4-6-15)7-8(12)10-3-5-14/h5-8,19H,3-4,9-10H2,1-2H3,(H,15,17);14-15H,2-7H2,1H3,(H,10,12). The quantitative estimate of drug-likeness (QED) is 0.253. The molecule has 0 heterocycles. The van der Waals surface area contributed by atoms with Crippen LogP contribution in [0, 0.1) is 0 Å². The third-order valence-corrected chi connectivity index (χ3v) is 5.27. The summed E-state index contributed by atoms with van der Waals surface area (Å²) in [6, 6.07) is 7.27. The predicted octanol–water partition coefficient (Wildman–Crippen LogP) is 2.76. The van der Waals surface area contributed by atoms with Crippen LogP contribution in [0.5, 0.6) is 0 Å². The minimum Gasteiger partial charge on any atom is -0.354 e. The maximum Gasteiger partial charge on any atom is 0.244 e. The van der Waals surface area contributed by atoms with Crippen LogP contribution in [0.4, 0.5) is 5.69 Å². The highest BCUT2D eigenvalue weighted by Gasteiger charge is 2.15. The number of carbonyl (C=O) groups is 4. The molecule has 0 aliphatic heterocycles. The Morgan fingerprint density at radius 3 is 1.88 bits per heavy atom. The van der Waals surface area contributed by atoms with E-state index in [4.69, 9.17) is 0 Å². The maximum absolute atomic E-state index is 11.9. The van der Waals surface area contributed by atoms with Crippen molar-refractivity contribution in [3.63, 3.8) is 0 Å². The van der Waals surface area contributed by atoms with Crippen LogP contribution in [0.25, 0.3) is 0 Å². The van der Waals surface area contributed by atoms with Crippen LogP contribution < -0.4 is 10.6 Å².